The van der Waals surface area contributed by atoms with Crippen molar-refractivity contribution in [1.29, 1.82) is 0 Å². The minimum atomic E-state index is -0.546. The zero-order valence-corrected chi connectivity index (χ0v) is 11.3. The predicted octanol–water partition coefficient (Wildman–Crippen LogP) is 2.58. The van der Waals surface area contributed by atoms with Crippen LogP contribution in [0.4, 0.5) is 10.1 Å². The molecule has 0 saturated carbocycles. The third kappa shape index (κ3) is 2.58. The molecule has 4 heteroatoms. The third-order valence-corrected chi connectivity index (χ3v) is 3.58. The molecule has 0 bridgehead atoms. The largest absolute Gasteiger partial charge is 0.318 e. The molecule has 3 nitrogen and oxygen atoms in total. The molecular weight excluding hydrogens is 267 g/mol. The van der Waals surface area contributed by atoms with Crippen LogP contribution in [-0.4, -0.2) is 18.0 Å². The number of nitrogens with two attached hydrogens (primary N) is 1. The summed E-state index contributed by atoms with van der Waals surface area (Å²) in [7, 11) is 0. The van der Waals surface area contributed by atoms with Gasteiger partial charge in [-0.25, -0.2) is 4.39 Å². The number of rotatable bonds is 3. The van der Waals surface area contributed by atoms with Crippen molar-refractivity contribution >= 4 is 17.7 Å². The van der Waals surface area contributed by atoms with Crippen LogP contribution in [-0.2, 0) is 4.79 Å². The average Bonchev–Trinajstić information content (AvgIpc) is 2.53. The van der Waals surface area contributed by atoms with E-state index in [-0.39, 0.29) is 17.8 Å². The van der Waals surface area contributed by atoms with E-state index in [2.05, 4.69) is 0 Å². The zero-order chi connectivity index (χ0) is 14.8. The van der Waals surface area contributed by atoms with Crippen LogP contribution in [0.3, 0.4) is 0 Å². The molecule has 1 aliphatic rings. The Labute approximate surface area is 122 Å². The second-order valence-corrected chi connectivity index (χ2v) is 4.97. The van der Waals surface area contributed by atoms with Gasteiger partial charge in [-0.05, 0) is 29.8 Å². The van der Waals surface area contributed by atoms with E-state index in [9.17, 15) is 9.18 Å². The normalized spacial score (nSPS) is 21.6. The Morgan fingerprint density at radius 1 is 1.05 bits per heavy atom. The minimum Gasteiger partial charge on any atom is -0.318 e. The van der Waals surface area contributed by atoms with E-state index in [0.29, 0.717) is 5.69 Å². The molecular formula is C17H15FN2O. The fourth-order valence-corrected chi connectivity index (χ4v) is 2.41. The molecule has 1 heterocycles. The van der Waals surface area contributed by atoms with E-state index in [1.165, 1.54) is 12.1 Å². The van der Waals surface area contributed by atoms with Crippen molar-refractivity contribution in [2.75, 3.05) is 4.90 Å². The summed E-state index contributed by atoms with van der Waals surface area (Å²) in [5.41, 5.74) is 7.57. The summed E-state index contributed by atoms with van der Waals surface area (Å²) in [5.74, 6) is -0.475. The maximum Gasteiger partial charge on any atom is 0.247 e. The molecule has 2 N–H and O–H groups in total. The number of anilines is 1. The molecule has 0 aromatic heterocycles. The highest BCUT2D eigenvalue weighted by Crippen LogP contribution is 2.28. The lowest BCUT2D eigenvalue weighted by atomic mass is 9.93. The minimum absolute atomic E-state index is 0.149. The van der Waals surface area contributed by atoms with Gasteiger partial charge in [-0.15, -0.1) is 0 Å². The first kappa shape index (κ1) is 13.5. The predicted molar refractivity (Wildman–Crippen MR) is 81.1 cm³/mol. The first-order valence-electron chi connectivity index (χ1n) is 6.74. The van der Waals surface area contributed by atoms with E-state index >= 15 is 0 Å². The van der Waals surface area contributed by atoms with Gasteiger partial charge in [0.15, 0.2) is 0 Å². The van der Waals surface area contributed by atoms with E-state index in [1.807, 2.05) is 42.5 Å². The molecule has 106 valence electrons. The van der Waals surface area contributed by atoms with Crippen molar-refractivity contribution in [1.82, 2.24) is 0 Å². The van der Waals surface area contributed by atoms with Gasteiger partial charge in [-0.1, -0.05) is 42.5 Å². The fraction of sp³-hybridized carbons (Fsp3) is 0.118. The maximum absolute atomic E-state index is 13.0. The number of hydrogen-bond donors (Lipinski definition) is 1. The van der Waals surface area contributed by atoms with Crippen molar-refractivity contribution in [2.24, 2.45) is 5.73 Å². The van der Waals surface area contributed by atoms with Gasteiger partial charge in [-0.2, -0.15) is 0 Å². The van der Waals surface area contributed by atoms with Crippen LogP contribution in [0.5, 0.6) is 0 Å². The first-order chi connectivity index (χ1) is 10.2. The molecule has 1 aliphatic heterocycles. The number of benzene rings is 2. The lowest BCUT2D eigenvalue weighted by Gasteiger charge is -2.43. The van der Waals surface area contributed by atoms with E-state index < -0.39 is 6.04 Å². The second kappa shape index (κ2) is 5.50. The maximum atomic E-state index is 13.0. The van der Waals surface area contributed by atoms with Gasteiger partial charge < -0.3 is 10.6 Å². The average molecular weight is 282 g/mol. The zero-order valence-electron chi connectivity index (χ0n) is 11.3. The fourth-order valence-electron chi connectivity index (χ4n) is 2.41. The topological polar surface area (TPSA) is 46.3 Å². The Morgan fingerprint density at radius 2 is 1.71 bits per heavy atom. The number of hydrogen-bond acceptors (Lipinski definition) is 2. The second-order valence-electron chi connectivity index (χ2n) is 4.97. The van der Waals surface area contributed by atoms with Crippen LogP contribution in [0, 0.1) is 5.82 Å². The molecule has 0 spiro atoms. The Bertz CT molecular complexity index is 667. The molecule has 0 aliphatic carbocycles. The van der Waals surface area contributed by atoms with Gasteiger partial charge in [-0.3, -0.25) is 4.79 Å². The molecule has 2 aromatic carbocycles. The molecule has 0 radical (unpaired) electrons. The van der Waals surface area contributed by atoms with E-state index in [4.69, 9.17) is 5.73 Å². The van der Waals surface area contributed by atoms with E-state index in [0.717, 1.165) is 5.56 Å². The first-order valence-corrected chi connectivity index (χ1v) is 6.74. The van der Waals surface area contributed by atoms with Crippen molar-refractivity contribution < 1.29 is 9.18 Å². The molecule has 21 heavy (non-hydrogen) atoms. The Hall–Kier alpha value is -2.46. The van der Waals surface area contributed by atoms with Crippen LogP contribution in [0.25, 0.3) is 6.08 Å². The summed E-state index contributed by atoms with van der Waals surface area (Å²) < 4.78 is 13.0. The van der Waals surface area contributed by atoms with Crippen LogP contribution in [0.2, 0.25) is 0 Å². The summed E-state index contributed by atoms with van der Waals surface area (Å²) >= 11 is 0. The van der Waals surface area contributed by atoms with Crippen LogP contribution in [0.15, 0.2) is 60.7 Å². The number of halogens is 1. The third-order valence-electron chi connectivity index (χ3n) is 3.58. The Balaban J connectivity index is 1.82. The summed E-state index contributed by atoms with van der Waals surface area (Å²) in [6.07, 6.45) is 3.85. The Kier molecular flexibility index (Phi) is 3.54. The van der Waals surface area contributed by atoms with Crippen molar-refractivity contribution in [3.63, 3.8) is 0 Å². The summed E-state index contributed by atoms with van der Waals surface area (Å²) in [4.78, 5) is 13.5. The van der Waals surface area contributed by atoms with Crippen LogP contribution >= 0.6 is 0 Å². The van der Waals surface area contributed by atoms with Crippen molar-refractivity contribution in [2.45, 2.75) is 12.1 Å². The van der Waals surface area contributed by atoms with Crippen molar-refractivity contribution in [3.05, 3.63) is 72.1 Å². The van der Waals surface area contributed by atoms with Gasteiger partial charge >= 0.3 is 0 Å². The van der Waals surface area contributed by atoms with Gasteiger partial charge in [0.05, 0.1) is 6.04 Å². The summed E-state index contributed by atoms with van der Waals surface area (Å²) in [5, 5.41) is 0. The van der Waals surface area contributed by atoms with Gasteiger partial charge in [0, 0.05) is 5.69 Å². The molecule has 2 aromatic rings. The highest BCUT2D eigenvalue weighted by Gasteiger charge is 2.44. The molecule has 1 fully saturated rings. The van der Waals surface area contributed by atoms with Gasteiger partial charge in [0.2, 0.25) is 5.91 Å². The molecule has 3 rings (SSSR count). The lowest BCUT2D eigenvalue weighted by Crippen LogP contribution is -2.68. The number of β-lactam (4-membered cyclic amide) rings is 1. The molecule has 2 atom stereocenters. The van der Waals surface area contributed by atoms with Crippen LogP contribution in [0.1, 0.15) is 5.56 Å². The molecule has 1 amide bonds. The highest BCUT2D eigenvalue weighted by molar-refractivity contribution is 6.06. The number of carbonyl (C=O) groups excluding carboxylic acids is 1. The molecule has 0 unspecified atom stereocenters. The standard InChI is InChI=1S/C17H15FN2O/c18-13-7-9-14(10-8-13)20-15(16(19)17(20)21)11-6-12-4-2-1-3-5-12/h1-11,15-16H,19H2/b11-6+/t15-,16+/m1/s1. The van der Waals surface area contributed by atoms with E-state index in [1.54, 1.807) is 17.0 Å². The Morgan fingerprint density at radius 3 is 2.38 bits per heavy atom. The summed E-state index contributed by atoms with van der Waals surface area (Å²) in [6, 6.07) is 14.9. The molecule has 1 saturated heterocycles. The highest BCUT2D eigenvalue weighted by atomic mass is 19.1. The number of carbonyl (C=O) groups is 1. The monoisotopic (exact) mass is 282 g/mol. The van der Waals surface area contributed by atoms with Gasteiger partial charge in [0.1, 0.15) is 11.9 Å². The quantitative estimate of drug-likeness (QED) is 0.880. The van der Waals surface area contributed by atoms with Gasteiger partial charge in [0.25, 0.3) is 0 Å². The number of nitrogens with zero attached hydrogens (tertiary/aromatic N) is 1. The lowest BCUT2D eigenvalue weighted by molar-refractivity contribution is -0.125. The number of amides is 1. The smallest absolute Gasteiger partial charge is 0.247 e. The summed E-state index contributed by atoms with van der Waals surface area (Å²) in [6.45, 7) is 0. The van der Waals surface area contributed by atoms with Crippen LogP contribution < -0.4 is 10.6 Å². The van der Waals surface area contributed by atoms with Crippen molar-refractivity contribution in [3.8, 4) is 0 Å². The SMILES string of the molecule is N[C@@H]1C(=O)N(c2ccc(F)cc2)[C@@H]1/C=C/c1ccccc1.